The molecular formula is C92H97N19. The lowest BCUT2D eigenvalue weighted by atomic mass is 10.1. The fourth-order valence-corrected chi connectivity index (χ4v) is 11.0. The van der Waals surface area contributed by atoms with Crippen LogP contribution >= 0.6 is 0 Å². The highest BCUT2D eigenvalue weighted by atomic mass is 15.2. The van der Waals surface area contributed by atoms with Crippen molar-refractivity contribution in [3.05, 3.63) is 318 Å². The van der Waals surface area contributed by atoms with Gasteiger partial charge in [0, 0.05) is 93.5 Å². The number of azo groups is 6. The second-order valence-electron chi connectivity index (χ2n) is 25.1. The molecule has 0 saturated heterocycles. The zero-order chi connectivity index (χ0) is 78.4. The van der Waals surface area contributed by atoms with Gasteiger partial charge in [0.2, 0.25) is 0 Å². The molecule has 0 fully saturated rings. The Morgan fingerprint density at radius 3 is 0.793 bits per heavy atom. The van der Waals surface area contributed by atoms with E-state index in [0.717, 1.165) is 158 Å². The molecule has 19 heteroatoms. The monoisotopic (exact) mass is 1470 g/mol. The van der Waals surface area contributed by atoms with Crippen LogP contribution in [0.5, 0.6) is 0 Å². The fourth-order valence-electron chi connectivity index (χ4n) is 11.0. The molecule has 0 radical (unpaired) electrons. The number of aromatic nitrogens is 2. The van der Waals surface area contributed by atoms with Crippen molar-refractivity contribution < 1.29 is 0 Å². The van der Waals surface area contributed by atoms with Gasteiger partial charge in [-0.15, -0.1) is 0 Å². The zero-order valence-electron chi connectivity index (χ0n) is 65.5. The van der Waals surface area contributed by atoms with Crippen molar-refractivity contribution in [3.63, 3.8) is 0 Å². The number of benzene rings is 10. The smallest absolute Gasteiger partial charge is 0.0887 e. The Bertz CT molecular complexity index is 4870. The van der Waals surface area contributed by atoms with Gasteiger partial charge in [-0.2, -0.15) is 61.4 Å². The lowest BCUT2D eigenvalue weighted by Gasteiger charge is -2.20. The maximum atomic E-state index is 4.53. The van der Waals surface area contributed by atoms with Crippen LogP contribution in [-0.2, 0) is 0 Å². The maximum Gasteiger partial charge on any atom is 0.0887 e. The molecule has 0 amide bonds. The van der Waals surface area contributed by atoms with E-state index in [1.54, 1.807) is 24.8 Å². The van der Waals surface area contributed by atoms with Crippen molar-refractivity contribution in [2.45, 2.75) is 83.1 Å². The van der Waals surface area contributed by atoms with E-state index in [2.05, 4.69) is 217 Å². The zero-order valence-corrected chi connectivity index (χ0v) is 65.5. The van der Waals surface area contributed by atoms with Crippen molar-refractivity contribution in [3.8, 4) is 0 Å². The van der Waals surface area contributed by atoms with Gasteiger partial charge in [0.1, 0.15) is 0 Å². The molecule has 0 unspecified atom stereocenters. The Labute approximate surface area is 654 Å². The number of hydrogen-bond acceptors (Lipinski definition) is 19. The summed E-state index contributed by atoms with van der Waals surface area (Å²) in [5, 5.41) is 52.7. The molecule has 0 aliphatic heterocycles. The quantitative estimate of drug-likeness (QED) is 0.0362. The van der Waals surface area contributed by atoms with Crippen molar-refractivity contribution in [2.24, 2.45) is 71.4 Å². The Hall–Kier alpha value is -13.4. The summed E-state index contributed by atoms with van der Waals surface area (Å²) < 4.78 is 0. The Morgan fingerprint density at radius 2 is 0.477 bits per heavy atom. The van der Waals surface area contributed by atoms with Crippen LogP contribution < -0.4 is 14.7 Å². The molecule has 12 rings (SSSR count). The van der Waals surface area contributed by atoms with Gasteiger partial charge in [0.05, 0.1) is 79.6 Å². The molecule has 10 aromatic carbocycles. The van der Waals surface area contributed by atoms with Crippen LogP contribution in [0, 0.1) is 27.7 Å². The second kappa shape index (κ2) is 44.0. The van der Waals surface area contributed by atoms with E-state index >= 15 is 0 Å². The number of hydrogen-bond donors (Lipinski definition) is 0. The van der Waals surface area contributed by atoms with Crippen LogP contribution in [0.25, 0.3) is 12.2 Å². The average Bonchev–Trinajstić information content (AvgIpc) is 0.862. The van der Waals surface area contributed by atoms with Gasteiger partial charge in [-0.3, -0.25) is 20.0 Å². The molecule has 560 valence electrons. The number of anilines is 3. The molecule has 0 aliphatic rings. The summed E-state index contributed by atoms with van der Waals surface area (Å²) in [6, 6.07) is 81.1. The molecule has 0 aliphatic carbocycles. The molecule has 0 N–H and O–H groups in total. The summed E-state index contributed by atoms with van der Waals surface area (Å²) in [5.41, 5.74) is 23.3. The summed E-state index contributed by atoms with van der Waals surface area (Å²) >= 11 is 0. The highest BCUT2D eigenvalue weighted by molar-refractivity contribution is 5.83. The lowest BCUT2D eigenvalue weighted by Crippen LogP contribution is -2.21. The van der Waals surface area contributed by atoms with Gasteiger partial charge in [-0.1, -0.05) is 80.1 Å². The molecule has 0 spiro atoms. The topological polar surface area (TPSA) is 209 Å². The number of pyridine rings is 2. The summed E-state index contributed by atoms with van der Waals surface area (Å²) in [6.07, 6.45) is 14.8. The normalized spacial score (nSPS) is 11.5. The maximum absolute atomic E-state index is 4.53. The minimum Gasteiger partial charge on any atom is -0.372 e. The SMILES string of the molecule is CC.CCN(CC)c1ccc(N=Nc2ccc(N=Nc3ccc(C=Cc4ccncc4)cc3)c(C)c2)cc1.CCN(CC)c1ccc(N=Nc2ccc(N=Nc3ccc(C=Nc4ccncc4)cc3)c(C)c2)cc1.CCN(CC)c1ccc(N=Nc2ccc(N=Nc3ccc(N=Cc4ccc(C)cc4)cc3)c(C)c2)cc1. The van der Waals surface area contributed by atoms with E-state index in [9.17, 15) is 0 Å². The largest absolute Gasteiger partial charge is 0.372 e. The molecule has 0 atom stereocenters. The molecule has 12 aromatic rings. The van der Waals surface area contributed by atoms with Crippen LogP contribution in [0.4, 0.5) is 96.7 Å². The Kier molecular flexibility index (Phi) is 32.4. The summed E-state index contributed by atoms with van der Waals surface area (Å²) in [4.78, 5) is 23.9. The third-order valence-corrected chi connectivity index (χ3v) is 17.4. The minimum absolute atomic E-state index is 0.769. The van der Waals surface area contributed by atoms with Crippen molar-refractivity contribution in [1.29, 1.82) is 0 Å². The first-order valence-electron chi connectivity index (χ1n) is 37.6. The number of rotatable bonds is 27. The van der Waals surface area contributed by atoms with Crippen molar-refractivity contribution in [1.82, 2.24) is 9.97 Å². The predicted octanol–water partition coefficient (Wildman–Crippen LogP) is 28.8. The molecular weight excluding hydrogens is 1370 g/mol. The van der Waals surface area contributed by atoms with Crippen molar-refractivity contribution >= 4 is 121 Å². The molecule has 0 bridgehead atoms. The first-order valence-corrected chi connectivity index (χ1v) is 37.6. The summed E-state index contributed by atoms with van der Waals surface area (Å²) in [6.45, 7) is 30.9. The first kappa shape index (κ1) is 81.7. The van der Waals surface area contributed by atoms with E-state index in [0.29, 0.717) is 0 Å². The molecule has 19 nitrogen and oxygen atoms in total. The Morgan fingerprint density at radius 1 is 0.243 bits per heavy atom. The van der Waals surface area contributed by atoms with E-state index in [1.807, 2.05) is 235 Å². The van der Waals surface area contributed by atoms with Crippen LogP contribution in [0.1, 0.15) is 99.9 Å². The Balaban J connectivity index is 0.000000189. The standard InChI is InChI=1S/C31H32N6.C30H30N6.C29H29N7.C2H6/c1-5-37(6-2)30-18-15-28(16-19-30)33-35-29-17-20-31(24(4)21-29)36-34-27-13-11-26(12-14-27)32-22-25-9-7-23(3)8-10-25;1-4-36(5-2)29-15-12-27(13-16-29)32-34-28-14-17-30(23(3)22-28)35-33-26-10-8-24(9-11-26)6-7-25-18-20-31-21-19-25;1-4-36(5-2)28-13-10-26(11-14-28)32-34-27-12-15-29(22(3)20-27)35-33-25-8-6-23(7-9-25)21-31-24-16-18-30-19-17-24;1-2/h7-22H,5-6H2,1-4H3;6-22H,4-5H2,1-3H3;6-21H,4-5H2,1-3H3;1-2H3. The third kappa shape index (κ3) is 26.5. The van der Waals surface area contributed by atoms with E-state index in [-0.39, 0.29) is 0 Å². The number of aryl methyl sites for hydroxylation is 4. The van der Waals surface area contributed by atoms with E-state index in [1.165, 1.54) is 22.6 Å². The first-order chi connectivity index (χ1) is 54.3. The van der Waals surface area contributed by atoms with Crippen LogP contribution in [-0.4, -0.2) is 61.7 Å². The van der Waals surface area contributed by atoms with Crippen LogP contribution in [0.2, 0.25) is 0 Å². The fraction of sp³-hybridized carbons (Fsp3) is 0.196. The van der Waals surface area contributed by atoms with E-state index < -0.39 is 0 Å². The molecule has 2 heterocycles. The van der Waals surface area contributed by atoms with Gasteiger partial charge in [-0.05, 0) is 308 Å². The van der Waals surface area contributed by atoms with Gasteiger partial charge >= 0.3 is 0 Å². The van der Waals surface area contributed by atoms with Gasteiger partial charge < -0.3 is 14.7 Å². The molecule has 2 aromatic heterocycles. The molecule has 111 heavy (non-hydrogen) atoms. The third-order valence-electron chi connectivity index (χ3n) is 17.4. The summed E-state index contributed by atoms with van der Waals surface area (Å²) in [5.74, 6) is 0. The van der Waals surface area contributed by atoms with Gasteiger partial charge in [0.15, 0.2) is 0 Å². The predicted molar refractivity (Wildman–Crippen MR) is 462 cm³/mol. The average molecular weight is 1470 g/mol. The number of nitrogens with zero attached hydrogens (tertiary/aromatic N) is 19. The molecule has 0 saturated carbocycles. The second-order valence-corrected chi connectivity index (χ2v) is 25.1. The highest BCUT2D eigenvalue weighted by Gasteiger charge is 2.08. The van der Waals surface area contributed by atoms with Gasteiger partial charge in [0.25, 0.3) is 0 Å². The highest BCUT2D eigenvalue weighted by Crippen LogP contribution is 2.33. The number of aliphatic imine (C=N–C) groups is 2. The van der Waals surface area contributed by atoms with Crippen molar-refractivity contribution in [2.75, 3.05) is 54.0 Å². The lowest BCUT2D eigenvalue weighted by molar-refractivity contribution is 0.866. The van der Waals surface area contributed by atoms with Gasteiger partial charge in [-0.25, -0.2) is 0 Å². The summed E-state index contributed by atoms with van der Waals surface area (Å²) in [7, 11) is 0. The van der Waals surface area contributed by atoms with Crippen LogP contribution in [0.15, 0.2) is 345 Å². The minimum atomic E-state index is 0.769. The van der Waals surface area contributed by atoms with E-state index in [4.69, 9.17) is 0 Å². The van der Waals surface area contributed by atoms with Crippen LogP contribution in [0.3, 0.4) is 0 Å².